The van der Waals surface area contributed by atoms with Crippen molar-refractivity contribution in [1.82, 2.24) is 0 Å². The highest BCUT2D eigenvalue weighted by Crippen LogP contribution is 2.34. The molecule has 4 nitrogen and oxygen atoms in total. The zero-order chi connectivity index (χ0) is 11.7. The summed E-state index contributed by atoms with van der Waals surface area (Å²) >= 11 is 0. The smallest absolute Gasteiger partial charge is 0.231 e. The molecular weight excluding hydrogens is 208 g/mol. The van der Waals surface area contributed by atoms with Gasteiger partial charge in [-0.2, -0.15) is 0 Å². The molecule has 86 valence electrons. The van der Waals surface area contributed by atoms with E-state index >= 15 is 0 Å². The second kappa shape index (κ2) is 4.14. The summed E-state index contributed by atoms with van der Waals surface area (Å²) in [7, 11) is 0. The van der Waals surface area contributed by atoms with Crippen LogP contribution in [-0.4, -0.2) is 17.7 Å². The molecule has 1 heterocycles. The van der Waals surface area contributed by atoms with E-state index in [1.165, 1.54) is 0 Å². The lowest BCUT2D eigenvalue weighted by Gasteiger charge is -2.12. The van der Waals surface area contributed by atoms with E-state index in [2.05, 4.69) is 0 Å². The number of rotatable bonds is 3. The van der Waals surface area contributed by atoms with Gasteiger partial charge in [-0.05, 0) is 17.7 Å². The summed E-state index contributed by atoms with van der Waals surface area (Å²) in [5.74, 6) is 0.834. The standard InChI is InChI=1S/C12H14O4/c1-7(2)11(13)12(14)8-3-4-9-10(5-8)16-6-15-9/h3-5,7,12,14H,6H2,1-2H3. The Balaban J connectivity index is 2.24. The average Bonchev–Trinajstić information content (AvgIpc) is 2.73. The molecule has 0 saturated heterocycles. The Hall–Kier alpha value is -1.55. The zero-order valence-electron chi connectivity index (χ0n) is 9.27. The van der Waals surface area contributed by atoms with Gasteiger partial charge in [0, 0.05) is 5.92 Å². The lowest BCUT2D eigenvalue weighted by atomic mass is 9.98. The van der Waals surface area contributed by atoms with Crippen LogP contribution < -0.4 is 9.47 Å². The molecule has 4 heteroatoms. The van der Waals surface area contributed by atoms with Crippen molar-refractivity contribution >= 4 is 5.78 Å². The summed E-state index contributed by atoms with van der Waals surface area (Å²) < 4.78 is 10.3. The normalized spacial score (nSPS) is 15.2. The Morgan fingerprint density at radius 3 is 2.69 bits per heavy atom. The molecule has 0 radical (unpaired) electrons. The summed E-state index contributed by atoms with van der Waals surface area (Å²) in [6.07, 6.45) is -1.09. The number of benzene rings is 1. The highest BCUT2D eigenvalue weighted by atomic mass is 16.7. The fourth-order valence-electron chi connectivity index (χ4n) is 1.56. The molecule has 0 fully saturated rings. The number of ketones is 1. The van der Waals surface area contributed by atoms with Crippen molar-refractivity contribution in [1.29, 1.82) is 0 Å². The van der Waals surface area contributed by atoms with E-state index in [9.17, 15) is 9.90 Å². The van der Waals surface area contributed by atoms with Gasteiger partial charge in [-0.1, -0.05) is 19.9 Å². The second-order valence-corrected chi connectivity index (χ2v) is 4.07. The predicted molar refractivity (Wildman–Crippen MR) is 57.4 cm³/mol. The maximum Gasteiger partial charge on any atom is 0.231 e. The molecule has 0 spiro atoms. The topological polar surface area (TPSA) is 55.8 Å². The number of aliphatic hydroxyl groups excluding tert-OH is 1. The molecule has 0 aliphatic carbocycles. The summed E-state index contributed by atoms with van der Waals surface area (Å²) in [6, 6.07) is 5.03. The van der Waals surface area contributed by atoms with Gasteiger partial charge in [0.1, 0.15) is 6.10 Å². The van der Waals surface area contributed by atoms with Crippen molar-refractivity contribution in [3.8, 4) is 11.5 Å². The first-order valence-electron chi connectivity index (χ1n) is 5.21. The van der Waals surface area contributed by atoms with Crippen LogP contribution in [0.25, 0.3) is 0 Å². The van der Waals surface area contributed by atoms with Gasteiger partial charge in [0.15, 0.2) is 17.3 Å². The first-order valence-corrected chi connectivity index (χ1v) is 5.21. The number of hydrogen-bond acceptors (Lipinski definition) is 4. The van der Waals surface area contributed by atoms with Crippen molar-refractivity contribution in [3.05, 3.63) is 23.8 Å². The largest absolute Gasteiger partial charge is 0.454 e. The van der Waals surface area contributed by atoms with Crippen LogP contribution in [0.15, 0.2) is 18.2 Å². The molecule has 1 aliphatic heterocycles. The van der Waals surface area contributed by atoms with Crippen molar-refractivity contribution in [2.24, 2.45) is 5.92 Å². The van der Waals surface area contributed by atoms with Crippen LogP contribution in [0.5, 0.6) is 11.5 Å². The third-order valence-electron chi connectivity index (χ3n) is 2.55. The van der Waals surface area contributed by atoms with Crippen molar-refractivity contribution in [2.45, 2.75) is 20.0 Å². The van der Waals surface area contributed by atoms with Gasteiger partial charge >= 0.3 is 0 Å². The Morgan fingerprint density at radius 1 is 1.31 bits per heavy atom. The fraction of sp³-hybridized carbons (Fsp3) is 0.417. The predicted octanol–water partition coefficient (Wildman–Crippen LogP) is 1.67. The molecule has 1 atom stereocenters. The summed E-state index contributed by atoms with van der Waals surface area (Å²) in [6.45, 7) is 3.71. The minimum Gasteiger partial charge on any atom is -0.454 e. The van der Waals surface area contributed by atoms with Gasteiger partial charge in [-0.3, -0.25) is 4.79 Å². The number of carbonyl (C=O) groups excluding carboxylic acids is 1. The Kier molecular flexibility index (Phi) is 2.83. The SMILES string of the molecule is CC(C)C(=O)C(O)c1ccc2c(c1)OCO2. The third-order valence-corrected chi connectivity index (χ3v) is 2.55. The first kappa shape index (κ1) is 11.0. The average molecular weight is 222 g/mol. The van der Waals surface area contributed by atoms with Gasteiger partial charge in [-0.25, -0.2) is 0 Å². The van der Waals surface area contributed by atoms with Gasteiger partial charge in [0.2, 0.25) is 6.79 Å². The molecular formula is C12H14O4. The monoisotopic (exact) mass is 222 g/mol. The number of fused-ring (bicyclic) bond motifs is 1. The van der Waals surface area contributed by atoms with Gasteiger partial charge in [0.25, 0.3) is 0 Å². The molecule has 0 amide bonds. The van der Waals surface area contributed by atoms with E-state index in [0.717, 1.165) is 0 Å². The summed E-state index contributed by atoms with van der Waals surface area (Å²) in [5, 5.41) is 9.84. The molecule has 1 aliphatic rings. The minimum absolute atomic E-state index is 0.188. The van der Waals surface area contributed by atoms with Crippen LogP contribution in [0, 0.1) is 5.92 Å². The summed E-state index contributed by atoms with van der Waals surface area (Å²) in [4.78, 5) is 11.6. The van der Waals surface area contributed by atoms with E-state index in [4.69, 9.17) is 9.47 Å². The molecule has 0 aromatic heterocycles. The molecule has 0 bridgehead atoms. The van der Waals surface area contributed by atoms with E-state index in [1.54, 1.807) is 32.0 Å². The van der Waals surface area contributed by atoms with Crippen LogP contribution in [0.2, 0.25) is 0 Å². The number of carbonyl (C=O) groups is 1. The Labute approximate surface area is 93.8 Å². The molecule has 0 saturated carbocycles. The second-order valence-electron chi connectivity index (χ2n) is 4.07. The highest BCUT2D eigenvalue weighted by molar-refractivity contribution is 5.85. The minimum atomic E-state index is -1.09. The van der Waals surface area contributed by atoms with Crippen LogP contribution >= 0.6 is 0 Å². The van der Waals surface area contributed by atoms with E-state index in [1.807, 2.05) is 0 Å². The maximum atomic E-state index is 11.6. The van der Waals surface area contributed by atoms with Crippen LogP contribution in [0.1, 0.15) is 25.5 Å². The molecule has 1 aromatic carbocycles. The number of ether oxygens (including phenoxy) is 2. The fourth-order valence-corrected chi connectivity index (χ4v) is 1.56. The Morgan fingerprint density at radius 2 is 2.00 bits per heavy atom. The molecule has 1 unspecified atom stereocenters. The van der Waals surface area contributed by atoms with Gasteiger partial charge < -0.3 is 14.6 Å². The number of hydrogen-bond donors (Lipinski definition) is 1. The van der Waals surface area contributed by atoms with Crippen LogP contribution in [0.3, 0.4) is 0 Å². The molecule has 16 heavy (non-hydrogen) atoms. The quantitative estimate of drug-likeness (QED) is 0.845. The number of Topliss-reactive ketones (excluding diaryl/α,β-unsaturated/α-hetero) is 1. The Bertz CT molecular complexity index is 411. The van der Waals surface area contributed by atoms with Crippen molar-refractivity contribution in [3.63, 3.8) is 0 Å². The van der Waals surface area contributed by atoms with Crippen molar-refractivity contribution < 1.29 is 19.4 Å². The summed E-state index contributed by atoms with van der Waals surface area (Å²) in [5.41, 5.74) is 0.544. The molecule has 2 rings (SSSR count). The maximum absolute atomic E-state index is 11.6. The van der Waals surface area contributed by atoms with Crippen LogP contribution in [0.4, 0.5) is 0 Å². The van der Waals surface area contributed by atoms with Gasteiger partial charge in [0.05, 0.1) is 0 Å². The highest BCUT2D eigenvalue weighted by Gasteiger charge is 2.23. The number of aliphatic hydroxyl groups is 1. The van der Waals surface area contributed by atoms with E-state index in [-0.39, 0.29) is 18.5 Å². The van der Waals surface area contributed by atoms with Crippen molar-refractivity contribution in [2.75, 3.05) is 6.79 Å². The molecule has 1 N–H and O–H groups in total. The lowest BCUT2D eigenvalue weighted by molar-refractivity contribution is -0.130. The molecule has 1 aromatic rings. The lowest BCUT2D eigenvalue weighted by Crippen LogP contribution is -2.17. The van der Waals surface area contributed by atoms with E-state index < -0.39 is 6.10 Å². The zero-order valence-corrected chi connectivity index (χ0v) is 9.27. The van der Waals surface area contributed by atoms with Gasteiger partial charge in [-0.15, -0.1) is 0 Å². The first-order chi connectivity index (χ1) is 7.59. The third kappa shape index (κ3) is 1.88. The van der Waals surface area contributed by atoms with E-state index in [0.29, 0.717) is 17.1 Å². The van der Waals surface area contributed by atoms with Crippen LogP contribution in [-0.2, 0) is 4.79 Å².